The van der Waals surface area contributed by atoms with Gasteiger partial charge < -0.3 is 10.1 Å². The van der Waals surface area contributed by atoms with E-state index in [2.05, 4.69) is 10.3 Å². The van der Waals surface area contributed by atoms with Gasteiger partial charge in [-0.1, -0.05) is 0 Å². The van der Waals surface area contributed by atoms with Crippen LogP contribution in [-0.2, 0) is 11.2 Å². The minimum absolute atomic E-state index is 0.430. The first kappa shape index (κ1) is 14.6. The van der Waals surface area contributed by atoms with Gasteiger partial charge in [-0.3, -0.25) is 4.79 Å². The largest absolute Gasteiger partial charge is 0.444 e. The molecule has 1 rings (SSSR count). The minimum atomic E-state index is -0.491. The number of aromatic nitrogens is 1. The molecule has 0 spiro atoms. The summed E-state index contributed by atoms with van der Waals surface area (Å²) < 4.78 is 5.11. The first-order valence-electron chi connectivity index (χ1n) is 5.70. The van der Waals surface area contributed by atoms with E-state index in [1.807, 2.05) is 27.7 Å². The summed E-state index contributed by atoms with van der Waals surface area (Å²) in [7, 11) is 0. The van der Waals surface area contributed by atoms with Gasteiger partial charge in [-0.2, -0.15) is 0 Å². The van der Waals surface area contributed by atoms with Crippen molar-refractivity contribution < 1.29 is 14.3 Å². The van der Waals surface area contributed by atoms with Gasteiger partial charge in [-0.25, -0.2) is 9.78 Å². The van der Waals surface area contributed by atoms with Crippen LogP contribution in [0.25, 0.3) is 0 Å². The molecule has 1 N–H and O–H groups in total. The van der Waals surface area contributed by atoms with Crippen molar-refractivity contribution in [1.82, 2.24) is 10.3 Å². The fourth-order valence-corrected chi connectivity index (χ4v) is 2.21. The first-order chi connectivity index (χ1) is 8.31. The van der Waals surface area contributed by atoms with Gasteiger partial charge in [0.2, 0.25) is 0 Å². The maximum absolute atomic E-state index is 11.4. The second-order valence-electron chi connectivity index (χ2n) is 4.86. The molecule has 1 aromatic rings. The van der Waals surface area contributed by atoms with Gasteiger partial charge in [0.1, 0.15) is 5.60 Å². The van der Waals surface area contributed by atoms with Gasteiger partial charge in [0.25, 0.3) is 0 Å². The third-order valence-electron chi connectivity index (χ3n) is 2.03. The molecule has 1 heterocycles. The average Bonchev–Trinajstić information content (AvgIpc) is 2.57. The molecular formula is C12H18N2O3S. The number of ether oxygens (including phenoxy) is 1. The quantitative estimate of drug-likeness (QED) is 0.853. The van der Waals surface area contributed by atoms with Crippen LogP contribution in [0.1, 0.15) is 41.1 Å². The zero-order chi connectivity index (χ0) is 13.8. The summed E-state index contributed by atoms with van der Waals surface area (Å²) in [6.07, 6.45) is 0.958. The molecule has 0 aromatic carbocycles. The number of hydrogen-bond acceptors (Lipinski definition) is 5. The Morgan fingerprint density at radius 2 is 2.17 bits per heavy atom. The Kier molecular flexibility index (Phi) is 4.84. The molecule has 1 aromatic heterocycles. The lowest BCUT2D eigenvalue weighted by molar-refractivity contribution is 0.0528. The van der Waals surface area contributed by atoms with E-state index >= 15 is 0 Å². The number of carbonyl (C=O) groups excluding carboxylic acids is 2. The summed E-state index contributed by atoms with van der Waals surface area (Å²) in [6.45, 7) is 7.77. The molecule has 0 aliphatic heterocycles. The van der Waals surface area contributed by atoms with Crippen LogP contribution in [0.3, 0.4) is 0 Å². The Hall–Kier alpha value is -1.43. The van der Waals surface area contributed by atoms with Crippen molar-refractivity contribution in [1.29, 1.82) is 0 Å². The van der Waals surface area contributed by atoms with E-state index in [4.69, 9.17) is 4.74 Å². The molecule has 100 valence electrons. The fourth-order valence-electron chi connectivity index (χ4n) is 1.33. The van der Waals surface area contributed by atoms with Crippen LogP contribution in [0.5, 0.6) is 0 Å². The molecule has 0 aliphatic rings. The molecule has 18 heavy (non-hydrogen) atoms. The van der Waals surface area contributed by atoms with Crippen molar-refractivity contribution in [3.8, 4) is 0 Å². The van der Waals surface area contributed by atoms with Crippen LogP contribution < -0.4 is 5.32 Å². The predicted molar refractivity (Wildman–Crippen MR) is 70.2 cm³/mol. The zero-order valence-electron chi connectivity index (χ0n) is 11.1. The number of rotatable bonds is 4. The number of thiazole rings is 1. The van der Waals surface area contributed by atoms with E-state index in [1.165, 1.54) is 11.3 Å². The second kappa shape index (κ2) is 5.95. The summed E-state index contributed by atoms with van der Waals surface area (Å²) in [6, 6.07) is 0. The predicted octanol–water partition coefficient (Wildman–Crippen LogP) is 2.33. The highest BCUT2D eigenvalue weighted by molar-refractivity contribution is 7.13. The Morgan fingerprint density at radius 1 is 1.50 bits per heavy atom. The van der Waals surface area contributed by atoms with Crippen molar-refractivity contribution in [2.24, 2.45) is 0 Å². The third kappa shape index (κ3) is 4.83. The normalized spacial score (nSPS) is 11.1. The van der Waals surface area contributed by atoms with Crippen LogP contribution in [0, 0.1) is 6.92 Å². The van der Waals surface area contributed by atoms with E-state index in [-0.39, 0.29) is 0 Å². The number of aryl methyl sites for hydroxylation is 1. The zero-order valence-corrected chi connectivity index (χ0v) is 11.9. The molecule has 0 fully saturated rings. The lowest BCUT2D eigenvalue weighted by Crippen LogP contribution is -2.33. The second-order valence-corrected chi connectivity index (χ2v) is 5.97. The summed E-state index contributed by atoms with van der Waals surface area (Å²) >= 11 is 1.35. The van der Waals surface area contributed by atoms with Crippen LogP contribution >= 0.6 is 11.3 Å². The van der Waals surface area contributed by atoms with Gasteiger partial charge >= 0.3 is 6.09 Å². The van der Waals surface area contributed by atoms with Gasteiger partial charge in [0.05, 0.1) is 5.69 Å². The molecule has 0 saturated carbocycles. The summed E-state index contributed by atoms with van der Waals surface area (Å²) in [4.78, 5) is 27.1. The highest BCUT2D eigenvalue weighted by Crippen LogP contribution is 2.16. The monoisotopic (exact) mass is 270 g/mol. The van der Waals surface area contributed by atoms with Gasteiger partial charge in [0, 0.05) is 17.8 Å². The van der Waals surface area contributed by atoms with Crippen LogP contribution in [0.15, 0.2) is 0 Å². The Morgan fingerprint density at radius 3 is 2.67 bits per heavy atom. The van der Waals surface area contributed by atoms with Crippen molar-refractivity contribution in [2.75, 3.05) is 6.54 Å². The van der Waals surface area contributed by atoms with E-state index in [0.29, 0.717) is 18.0 Å². The lowest BCUT2D eigenvalue weighted by atomic mass is 10.2. The first-order valence-corrected chi connectivity index (χ1v) is 6.52. The highest BCUT2D eigenvalue weighted by Gasteiger charge is 2.15. The van der Waals surface area contributed by atoms with Gasteiger partial charge in [-0.05, 0) is 27.7 Å². The smallest absolute Gasteiger partial charge is 0.407 e. The minimum Gasteiger partial charge on any atom is -0.444 e. The molecule has 0 radical (unpaired) electrons. The fraction of sp³-hybridized carbons (Fsp3) is 0.583. The molecule has 0 aliphatic carbocycles. The summed E-state index contributed by atoms with van der Waals surface area (Å²) in [5, 5.41) is 3.14. The maximum Gasteiger partial charge on any atom is 0.407 e. The molecule has 5 nitrogen and oxygen atoms in total. The molecule has 0 unspecified atom stereocenters. The molecular weight excluding hydrogens is 252 g/mol. The van der Waals surface area contributed by atoms with Crippen molar-refractivity contribution in [3.05, 3.63) is 15.6 Å². The standard InChI is InChI=1S/C12H18N2O3S/c1-8-9(18-10(7-15)14-8)5-6-13-11(16)17-12(2,3)4/h7H,5-6H2,1-4H3,(H,13,16). The molecule has 1 amide bonds. The number of amides is 1. The number of aldehydes is 1. The summed E-state index contributed by atoms with van der Waals surface area (Å²) in [5.74, 6) is 0. The Bertz CT molecular complexity index is 435. The summed E-state index contributed by atoms with van der Waals surface area (Å²) in [5.41, 5.74) is 0.350. The molecule has 0 atom stereocenters. The van der Waals surface area contributed by atoms with Crippen molar-refractivity contribution in [2.45, 2.75) is 39.7 Å². The Labute approximate surface area is 111 Å². The number of nitrogens with one attached hydrogen (secondary N) is 1. The highest BCUT2D eigenvalue weighted by atomic mass is 32.1. The molecule has 6 heteroatoms. The van der Waals surface area contributed by atoms with E-state index < -0.39 is 11.7 Å². The van der Waals surface area contributed by atoms with Crippen molar-refractivity contribution in [3.63, 3.8) is 0 Å². The lowest BCUT2D eigenvalue weighted by Gasteiger charge is -2.19. The third-order valence-corrected chi connectivity index (χ3v) is 3.17. The van der Waals surface area contributed by atoms with E-state index in [9.17, 15) is 9.59 Å². The topological polar surface area (TPSA) is 68.3 Å². The average molecular weight is 270 g/mol. The van der Waals surface area contributed by atoms with Gasteiger partial charge in [-0.15, -0.1) is 11.3 Å². The molecule has 0 bridgehead atoms. The number of hydrogen-bond donors (Lipinski definition) is 1. The SMILES string of the molecule is Cc1nc(C=O)sc1CCNC(=O)OC(C)(C)C. The van der Waals surface area contributed by atoms with Crippen molar-refractivity contribution >= 4 is 23.7 Å². The van der Waals surface area contributed by atoms with Crippen LogP contribution in [-0.4, -0.2) is 29.5 Å². The van der Waals surface area contributed by atoms with Crippen LogP contribution in [0.2, 0.25) is 0 Å². The van der Waals surface area contributed by atoms with E-state index in [0.717, 1.165) is 16.9 Å². The number of carbonyl (C=O) groups is 2. The molecule has 0 saturated heterocycles. The van der Waals surface area contributed by atoms with Crippen LogP contribution in [0.4, 0.5) is 4.79 Å². The Balaban J connectivity index is 2.39. The van der Waals surface area contributed by atoms with Gasteiger partial charge in [0.15, 0.2) is 11.3 Å². The number of alkyl carbamates (subject to hydrolysis) is 1. The number of nitrogens with zero attached hydrogens (tertiary/aromatic N) is 1. The maximum atomic E-state index is 11.4. The van der Waals surface area contributed by atoms with E-state index in [1.54, 1.807) is 0 Å².